The Bertz CT molecular complexity index is 1130. The molecule has 0 bridgehead atoms. The summed E-state index contributed by atoms with van der Waals surface area (Å²) < 4.78 is 11.8. The number of benzene rings is 3. The lowest BCUT2D eigenvalue weighted by Gasteiger charge is -2.18. The van der Waals surface area contributed by atoms with E-state index in [2.05, 4.69) is 0 Å². The summed E-state index contributed by atoms with van der Waals surface area (Å²) in [5, 5.41) is 10.7. The number of methoxy groups -OCH3 is 1. The Morgan fingerprint density at radius 1 is 1.07 bits per heavy atom. The van der Waals surface area contributed by atoms with Crippen LogP contribution in [0.15, 0.2) is 48.5 Å². The zero-order valence-corrected chi connectivity index (χ0v) is 17.1. The van der Waals surface area contributed by atoms with Crippen molar-refractivity contribution < 1.29 is 24.2 Å². The number of carbonyl (C=O) groups excluding carboxylic acids is 1. The maximum Gasteiger partial charge on any atom is 0.307 e. The van der Waals surface area contributed by atoms with Crippen LogP contribution in [0, 0.1) is 0 Å². The lowest BCUT2D eigenvalue weighted by atomic mass is 9.99. The minimum Gasteiger partial charge on any atom is -0.496 e. The monoisotopic (exact) mass is 405 g/mol. The van der Waals surface area contributed by atoms with E-state index in [1.807, 2.05) is 38.1 Å². The van der Waals surface area contributed by atoms with Crippen LogP contribution >= 0.6 is 0 Å². The molecule has 0 saturated carbocycles. The van der Waals surface area contributed by atoms with Crippen molar-refractivity contribution in [2.45, 2.75) is 32.9 Å². The Balaban J connectivity index is 1.83. The second-order valence-corrected chi connectivity index (χ2v) is 7.56. The van der Waals surface area contributed by atoms with Gasteiger partial charge >= 0.3 is 5.97 Å². The van der Waals surface area contributed by atoms with Gasteiger partial charge in [-0.2, -0.15) is 0 Å². The van der Waals surface area contributed by atoms with Gasteiger partial charge in [-0.05, 0) is 31.5 Å². The number of rotatable bonds is 6. The maximum absolute atomic E-state index is 13.5. The fraction of sp³-hybridized carbons (Fsp3) is 0.250. The molecule has 1 aliphatic rings. The molecule has 6 nitrogen and oxygen atoms in total. The number of amides is 1. The Labute approximate surface area is 174 Å². The first-order chi connectivity index (χ1) is 14.4. The predicted octanol–water partition coefficient (Wildman–Crippen LogP) is 4.42. The molecule has 3 aromatic carbocycles. The number of ether oxygens (including phenoxy) is 2. The van der Waals surface area contributed by atoms with Crippen LogP contribution in [0.4, 0.5) is 5.69 Å². The number of hydrogen-bond acceptors (Lipinski definition) is 4. The molecule has 3 aromatic rings. The van der Waals surface area contributed by atoms with Gasteiger partial charge in [-0.25, -0.2) is 0 Å². The highest BCUT2D eigenvalue weighted by molar-refractivity contribution is 6.16. The molecule has 1 aliphatic heterocycles. The average Bonchev–Trinajstić information content (AvgIpc) is 3.05. The zero-order chi connectivity index (χ0) is 21.4. The maximum atomic E-state index is 13.5. The van der Waals surface area contributed by atoms with E-state index in [4.69, 9.17) is 14.6 Å². The van der Waals surface area contributed by atoms with E-state index in [1.165, 1.54) is 0 Å². The molecule has 154 valence electrons. The summed E-state index contributed by atoms with van der Waals surface area (Å²) in [5.74, 6) is 0.205. The molecule has 6 heteroatoms. The van der Waals surface area contributed by atoms with E-state index in [0.29, 0.717) is 34.9 Å². The zero-order valence-electron chi connectivity index (χ0n) is 17.1. The summed E-state index contributed by atoms with van der Waals surface area (Å²) in [6.07, 6.45) is -0.150. The number of carboxylic acid groups (broad SMARTS) is 1. The molecule has 4 rings (SSSR count). The normalized spacial score (nSPS) is 13.1. The molecule has 1 N–H and O–H groups in total. The summed E-state index contributed by atoms with van der Waals surface area (Å²) in [7, 11) is 1.61. The molecule has 0 radical (unpaired) electrons. The van der Waals surface area contributed by atoms with Crippen molar-refractivity contribution in [1.82, 2.24) is 0 Å². The van der Waals surface area contributed by atoms with Crippen molar-refractivity contribution in [3.05, 3.63) is 65.2 Å². The van der Waals surface area contributed by atoms with Crippen LogP contribution < -0.4 is 14.4 Å². The first-order valence-corrected chi connectivity index (χ1v) is 9.81. The van der Waals surface area contributed by atoms with Crippen molar-refractivity contribution in [3.63, 3.8) is 0 Å². The highest BCUT2D eigenvalue weighted by Gasteiger charge is 2.36. The molecule has 0 spiro atoms. The second-order valence-electron chi connectivity index (χ2n) is 7.56. The number of carbonyl (C=O) groups is 2. The van der Waals surface area contributed by atoms with Gasteiger partial charge in [0, 0.05) is 22.0 Å². The van der Waals surface area contributed by atoms with Crippen molar-refractivity contribution in [1.29, 1.82) is 0 Å². The number of hydrogen-bond donors (Lipinski definition) is 1. The van der Waals surface area contributed by atoms with Gasteiger partial charge in [0.2, 0.25) is 0 Å². The molecular formula is C24H23NO5. The van der Waals surface area contributed by atoms with Gasteiger partial charge in [-0.15, -0.1) is 0 Å². The average molecular weight is 405 g/mol. The third-order valence-electron chi connectivity index (χ3n) is 5.16. The van der Waals surface area contributed by atoms with Crippen LogP contribution in [0.3, 0.4) is 0 Å². The number of nitrogens with zero attached hydrogens (tertiary/aromatic N) is 1. The second kappa shape index (κ2) is 7.71. The SMILES string of the molecule is COc1c2c(c(OC(C)C)c3ccccc13)C(=O)N(c1ccc(CC(=O)O)cc1)C2. The summed E-state index contributed by atoms with van der Waals surface area (Å²) in [6.45, 7) is 4.22. The van der Waals surface area contributed by atoms with Crippen molar-refractivity contribution in [2.75, 3.05) is 12.0 Å². The van der Waals surface area contributed by atoms with Crippen LogP contribution in [0.5, 0.6) is 11.5 Å². The first-order valence-electron chi connectivity index (χ1n) is 9.81. The predicted molar refractivity (Wildman–Crippen MR) is 115 cm³/mol. The van der Waals surface area contributed by atoms with Gasteiger partial charge in [0.05, 0.1) is 31.7 Å². The van der Waals surface area contributed by atoms with E-state index in [-0.39, 0.29) is 18.4 Å². The largest absolute Gasteiger partial charge is 0.496 e. The summed E-state index contributed by atoms with van der Waals surface area (Å²) in [4.78, 5) is 26.1. The van der Waals surface area contributed by atoms with Crippen LogP contribution in [0.25, 0.3) is 10.8 Å². The number of anilines is 1. The van der Waals surface area contributed by atoms with Crippen molar-refractivity contribution >= 4 is 28.3 Å². The van der Waals surface area contributed by atoms with Crippen LogP contribution in [0.1, 0.15) is 35.3 Å². The molecule has 0 unspecified atom stereocenters. The quantitative estimate of drug-likeness (QED) is 0.657. The topological polar surface area (TPSA) is 76.1 Å². The molecule has 1 amide bonds. The third kappa shape index (κ3) is 3.34. The van der Waals surface area contributed by atoms with Gasteiger partial charge in [-0.1, -0.05) is 36.4 Å². The first kappa shape index (κ1) is 19.8. The Morgan fingerprint density at radius 2 is 1.70 bits per heavy atom. The highest BCUT2D eigenvalue weighted by atomic mass is 16.5. The van der Waals surface area contributed by atoms with Crippen LogP contribution in [0.2, 0.25) is 0 Å². The third-order valence-corrected chi connectivity index (χ3v) is 5.16. The van der Waals surface area contributed by atoms with Crippen molar-refractivity contribution in [3.8, 4) is 11.5 Å². The molecule has 1 heterocycles. The molecule has 30 heavy (non-hydrogen) atoms. The molecule has 0 aliphatic carbocycles. The molecule has 0 aromatic heterocycles. The number of carboxylic acids is 1. The van der Waals surface area contributed by atoms with Gasteiger partial charge in [0.25, 0.3) is 5.91 Å². The molecule has 0 fully saturated rings. The lowest BCUT2D eigenvalue weighted by Crippen LogP contribution is -2.23. The van der Waals surface area contributed by atoms with Gasteiger partial charge in [0.15, 0.2) is 0 Å². The smallest absolute Gasteiger partial charge is 0.307 e. The number of aliphatic carboxylic acids is 1. The standard InChI is InChI=1S/C24H23NO5/c1-14(2)30-23-18-7-5-4-6-17(18)22(29-3)19-13-25(24(28)21(19)23)16-10-8-15(9-11-16)12-20(26)27/h4-11,14H,12-13H2,1-3H3,(H,26,27). The van der Waals surface area contributed by atoms with E-state index in [1.54, 1.807) is 36.3 Å². The highest BCUT2D eigenvalue weighted by Crippen LogP contribution is 2.46. The Hall–Kier alpha value is -3.54. The van der Waals surface area contributed by atoms with E-state index in [0.717, 1.165) is 16.3 Å². The Morgan fingerprint density at radius 3 is 2.27 bits per heavy atom. The van der Waals surface area contributed by atoms with E-state index in [9.17, 15) is 9.59 Å². The van der Waals surface area contributed by atoms with Crippen LogP contribution in [-0.4, -0.2) is 30.2 Å². The minimum atomic E-state index is -0.890. The minimum absolute atomic E-state index is 0.0555. The van der Waals surface area contributed by atoms with Crippen LogP contribution in [-0.2, 0) is 17.8 Å². The van der Waals surface area contributed by atoms with Gasteiger partial charge < -0.3 is 19.5 Å². The van der Waals surface area contributed by atoms with Crippen molar-refractivity contribution in [2.24, 2.45) is 0 Å². The molecule has 0 atom stereocenters. The van der Waals surface area contributed by atoms with E-state index < -0.39 is 5.97 Å². The Kier molecular flexibility index (Phi) is 5.08. The molecular weight excluding hydrogens is 382 g/mol. The summed E-state index contributed by atoms with van der Waals surface area (Å²) >= 11 is 0. The van der Waals surface area contributed by atoms with E-state index >= 15 is 0 Å². The fourth-order valence-corrected chi connectivity index (χ4v) is 3.94. The summed E-state index contributed by atoms with van der Waals surface area (Å²) in [6, 6.07) is 14.8. The van der Waals surface area contributed by atoms with Gasteiger partial charge in [0.1, 0.15) is 11.5 Å². The number of fused-ring (bicyclic) bond motifs is 2. The summed E-state index contributed by atoms with van der Waals surface area (Å²) in [5.41, 5.74) is 2.70. The van der Waals surface area contributed by atoms with Gasteiger partial charge in [-0.3, -0.25) is 9.59 Å². The lowest BCUT2D eigenvalue weighted by molar-refractivity contribution is -0.136. The fourth-order valence-electron chi connectivity index (χ4n) is 3.94. The molecule has 0 saturated heterocycles.